The van der Waals surface area contributed by atoms with E-state index in [0.29, 0.717) is 11.3 Å². The van der Waals surface area contributed by atoms with Crippen LogP contribution in [0.15, 0.2) is 18.5 Å². The van der Waals surface area contributed by atoms with Crippen molar-refractivity contribution in [2.75, 3.05) is 13.7 Å². The van der Waals surface area contributed by atoms with Crippen LogP contribution in [0.4, 0.5) is 13.2 Å². The summed E-state index contributed by atoms with van der Waals surface area (Å²) < 4.78 is 44.0. The zero-order chi connectivity index (χ0) is 27.4. The predicted molar refractivity (Wildman–Crippen MR) is 123 cm³/mol. The van der Waals surface area contributed by atoms with E-state index in [0.717, 1.165) is 0 Å². The third-order valence-corrected chi connectivity index (χ3v) is 6.23. The minimum atomic E-state index is -5.17. The molecule has 2 rings (SSSR count). The number of ether oxygens (including phenoxy) is 1. The molecule has 1 aliphatic heterocycles. The Morgan fingerprint density at radius 3 is 2.33 bits per heavy atom. The van der Waals surface area contributed by atoms with Gasteiger partial charge in [0.1, 0.15) is 23.9 Å². The Balaban J connectivity index is 2.35. The van der Waals surface area contributed by atoms with Crippen molar-refractivity contribution in [2.24, 2.45) is 17.3 Å². The maximum atomic E-state index is 13.5. The topological polar surface area (TPSA) is 124 Å². The first-order valence-corrected chi connectivity index (χ1v) is 11.5. The standard InChI is InChI=1S/C24H32F3N5O4/c1-13(2)15-8-18(20(33)30-17(9-28)14-7-16(36-6)11-29-10-14)32(12-15)21(34)19(23(3,4)5)31-22(35)24(25,26)27/h7,10-11,13,15,17-19H,8,12H2,1-6H3,(H,30,33)(H,31,35)/t15-,17?,18+,19-/m1/s1. The molecule has 9 nitrogen and oxygen atoms in total. The van der Waals surface area contributed by atoms with E-state index < -0.39 is 47.4 Å². The maximum Gasteiger partial charge on any atom is 0.471 e. The zero-order valence-electron chi connectivity index (χ0n) is 21.1. The van der Waals surface area contributed by atoms with E-state index in [-0.39, 0.29) is 24.8 Å². The number of rotatable bonds is 7. The van der Waals surface area contributed by atoms with Gasteiger partial charge in [-0.05, 0) is 29.7 Å². The number of amides is 3. The van der Waals surface area contributed by atoms with Crippen LogP contribution in [0.25, 0.3) is 0 Å². The lowest BCUT2D eigenvalue weighted by Gasteiger charge is -2.35. The summed E-state index contributed by atoms with van der Waals surface area (Å²) in [5, 5.41) is 14.1. The molecule has 0 aliphatic carbocycles. The van der Waals surface area contributed by atoms with Gasteiger partial charge in [0.2, 0.25) is 11.8 Å². The maximum absolute atomic E-state index is 13.5. The number of aromatic nitrogens is 1. The number of halogens is 3. The van der Waals surface area contributed by atoms with Crippen molar-refractivity contribution in [1.82, 2.24) is 20.5 Å². The summed E-state index contributed by atoms with van der Waals surface area (Å²) in [7, 11) is 1.43. The fourth-order valence-corrected chi connectivity index (χ4v) is 4.00. The smallest absolute Gasteiger partial charge is 0.471 e. The Morgan fingerprint density at radius 1 is 1.19 bits per heavy atom. The van der Waals surface area contributed by atoms with Crippen LogP contribution in [0.1, 0.15) is 52.6 Å². The summed E-state index contributed by atoms with van der Waals surface area (Å²) in [4.78, 5) is 43.7. The van der Waals surface area contributed by atoms with Gasteiger partial charge >= 0.3 is 12.1 Å². The van der Waals surface area contributed by atoms with E-state index in [4.69, 9.17) is 4.74 Å². The SMILES string of the molecule is COc1cncc(C(C#N)NC(=O)[C@@H]2C[C@@H](C(C)C)CN2C(=O)[C@@H](NC(=O)C(F)(F)F)C(C)(C)C)c1. The molecule has 0 aromatic carbocycles. The molecule has 2 heterocycles. The lowest BCUT2D eigenvalue weighted by molar-refractivity contribution is -0.176. The first kappa shape index (κ1) is 28.9. The molecule has 1 aliphatic rings. The van der Waals surface area contributed by atoms with Crippen LogP contribution >= 0.6 is 0 Å². The Labute approximate surface area is 208 Å². The molecule has 2 N–H and O–H groups in total. The Kier molecular flexibility index (Phi) is 8.93. The average Bonchev–Trinajstić information content (AvgIpc) is 3.25. The van der Waals surface area contributed by atoms with Crippen molar-refractivity contribution >= 4 is 17.7 Å². The van der Waals surface area contributed by atoms with Gasteiger partial charge in [-0.25, -0.2) is 0 Å². The summed E-state index contributed by atoms with van der Waals surface area (Å²) in [5.41, 5.74) is -0.706. The molecule has 12 heteroatoms. The third-order valence-electron chi connectivity index (χ3n) is 6.23. The van der Waals surface area contributed by atoms with Crippen molar-refractivity contribution < 1.29 is 32.3 Å². The number of nitriles is 1. The van der Waals surface area contributed by atoms with Crippen LogP contribution in [0.3, 0.4) is 0 Å². The molecule has 0 spiro atoms. The molecule has 1 fully saturated rings. The molecule has 0 bridgehead atoms. The number of hydrogen-bond donors (Lipinski definition) is 2. The minimum absolute atomic E-state index is 0.0744. The van der Waals surface area contributed by atoms with Crippen LogP contribution in [0, 0.1) is 28.6 Å². The number of pyridine rings is 1. The van der Waals surface area contributed by atoms with Gasteiger partial charge in [0, 0.05) is 18.3 Å². The molecule has 36 heavy (non-hydrogen) atoms. The number of hydrogen-bond acceptors (Lipinski definition) is 6. The van der Waals surface area contributed by atoms with Crippen LogP contribution in [0.2, 0.25) is 0 Å². The van der Waals surface area contributed by atoms with Gasteiger partial charge < -0.3 is 20.3 Å². The summed E-state index contributed by atoms with van der Waals surface area (Å²) in [6.07, 6.45) is -2.08. The lowest BCUT2D eigenvalue weighted by atomic mass is 9.85. The van der Waals surface area contributed by atoms with E-state index >= 15 is 0 Å². The quantitative estimate of drug-likeness (QED) is 0.580. The highest BCUT2D eigenvalue weighted by Gasteiger charge is 2.48. The molecule has 1 unspecified atom stereocenters. The number of carbonyl (C=O) groups excluding carboxylic acids is 3. The monoisotopic (exact) mass is 511 g/mol. The van der Waals surface area contributed by atoms with Gasteiger partial charge in [-0.15, -0.1) is 0 Å². The Bertz CT molecular complexity index is 1020. The number of nitrogens with zero attached hydrogens (tertiary/aromatic N) is 3. The summed E-state index contributed by atoms with van der Waals surface area (Å²) in [6.45, 7) is 8.54. The number of alkyl halides is 3. The van der Waals surface area contributed by atoms with E-state index in [9.17, 15) is 32.8 Å². The Hall–Kier alpha value is -3.36. The summed E-state index contributed by atoms with van der Waals surface area (Å²) in [6, 6.07) is -0.141. The van der Waals surface area contributed by atoms with E-state index in [1.54, 1.807) is 5.32 Å². The van der Waals surface area contributed by atoms with Crippen molar-refractivity contribution in [3.63, 3.8) is 0 Å². The minimum Gasteiger partial charge on any atom is -0.495 e. The molecule has 198 valence electrons. The van der Waals surface area contributed by atoms with Crippen LogP contribution in [0.5, 0.6) is 5.75 Å². The van der Waals surface area contributed by atoms with Crippen molar-refractivity contribution in [3.05, 3.63) is 24.0 Å². The summed E-state index contributed by atoms with van der Waals surface area (Å²) in [5.74, 6) is -3.30. The zero-order valence-corrected chi connectivity index (χ0v) is 21.1. The van der Waals surface area contributed by atoms with Gasteiger partial charge in [0.25, 0.3) is 0 Å². The molecule has 1 aromatic heterocycles. The molecular weight excluding hydrogens is 479 g/mol. The number of methoxy groups -OCH3 is 1. The highest BCUT2D eigenvalue weighted by molar-refractivity contribution is 5.94. The predicted octanol–water partition coefficient (Wildman–Crippen LogP) is 2.74. The second-order valence-corrected chi connectivity index (χ2v) is 10.2. The molecule has 1 saturated heterocycles. The normalized spacial score (nSPS) is 19.9. The van der Waals surface area contributed by atoms with E-state index in [1.807, 2.05) is 19.9 Å². The fourth-order valence-electron chi connectivity index (χ4n) is 4.00. The Morgan fingerprint density at radius 2 is 1.83 bits per heavy atom. The number of nitrogens with one attached hydrogen (secondary N) is 2. The summed E-state index contributed by atoms with van der Waals surface area (Å²) >= 11 is 0. The van der Waals surface area contributed by atoms with Gasteiger partial charge in [0.05, 0.1) is 19.4 Å². The highest BCUT2D eigenvalue weighted by Crippen LogP contribution is 2.33. The van der Waals surface area contributed by atoms with Gasteiger partial charge in [-0.2, -0.15) is 18.4 Å². The first-order valence-electron chi connectivity index (χ1n) is 11.5. The second kappa shape index (κ2) is 11.1. The van der Waals surface area contributed by atoms with Crippen molar-refractivity contribution in [1.29, 1.82) is 5.26 Å². The van der Waals surface area contributed by atoms with Crippen molar-refractivity contribution in [2.45, 2.75) is 65.3 Å². The lowest BCUT2D eigenvalue weighted by Crippen LogP contribution is -2.59. The van der Waals surface area contributed by atoms with Gasteiger partial charge in [-0.1, -0.05) is 34.6 Å². The molecule has 4 atom stereocenters. The largest absolute Gasteiger partial charge is 0.495 e. The van der Waals surface area contributed by atoms with Crippen LogP contribution in [-0.4, -0.2) is 59.5 Å². The molecule has 0 radical (unpaired) electrons. The van der Waals surface area contributed by atoms with Crippen LogP contribution in [-0.2, 0) is 14.4 Å². The second-order valence-electron chi connectivity index (χ2n) is 10.2. The first-order chi connectivity index (χ1) is 16.6. The van der Waals surface area contributed by atoms with E-state index in [1.165, 1.54) is 51.2 Å². The number of likely N-dealkylation sites (tertiary alicyclic amines) is 1. The average molecular weight is 512 g/mol. The number of carbonyl (C=O) groups is 3. The van der Waals surface area contributed by atoms with E-state index in [2.05, 4.69) is 10.3 Å². The molecule has 0 saturated carbocycles. The van der Waals surface area contributed by atoms with Gasteiger partial charge in [0.15, 0.2) is 0 Å². The molecular formula is C24H32F3N5O4. The van der Waals surface area contributed by atoms with Crippen molar-refractivity contribution in [3.8, 4) is 11.8 Å². The fraction of sp³-hybridized carbons (Fsp3) is 0.625. The van der Waals surface area contributed by atoms with Gasteiger partial charge in [-0.3, -0.25) is 19.4 Å². The molecule has 1 aromatic rings. The highest BCUT2D eigenvalue weighted by atomic mass is 19.4. The molecule has 3 amide bonds. The third kappa shape index (κ3) is 6.86. The van der Waals surface area contributed by atoms with Crippen LogP contribution < -0.4 is 15.4 Å².